The fourth-order valence-electron chi connectivity index (χ4n) is 9.82. The van der Waals surface area contributed by atoms with E-state index in [0.717, 1.165) is 34.5 Å². The number of nitrogens with one attached hydrogen (secondary N) is 1. The summed E-state index contributed by atoms with van der Waals surface area (Å²) >= 11 is 0. The van der Waals surface area contributed by atoms with Crippen LogP contribution in [0.1, 0.15) is 59.8 Å². The van der Waals surface area contributed by atoms with Gasteiger partial charge >= 0.3 is 0 Å². The minimum absolute atomic E-state index is 0.190. The molecule has 2 atom stereocenters. The molecule has 0 bridgehead atoms. The second-order valence-corrected chi connectivity index (χ2v) is 16.3. The summed E-state index contributed by atoms with van der Waals surface area (Å²) in [4.78, 5) is 5.35. The molecule has 7 aromatic carbocycles. The van der Waals surface area contributed by atoms with E-state index in [4.69, 9.17) is 4.99 Å². The number of allylic oxidation sites excluding steroid dienone is 9. The lowest BCUT2D eigenvalue weighted by atomic mass is 9.77. The molecule has 0 radical (unpaired) electrons. The standard InChI is InChI=1S/C55H42N2/c1-55(2)49-33-41(27-28-47(49)52-48(32-39-21-11-12-22-43(39)53(52)55)40-26-25-35-15-9-10-20-38(35)31-40)42-29-30-46(45-24-14-13-23-44(42)45)54-56-50(36-16-5-3-6-17-36)34-51(57-54)37-18-7-4-8-19-37/h3-30,32-34,38,54,56H,31H2,1-2H3. The van der Waals surface area contributed by atoms with Gasteiger partial charge in [-0.2, -0.15) is 0 Å². The third kappa shape index (κ3) is 5.51. The molecule has 0 saturated heterocycles. The monoisotopic (exact) mass is 730 g/mol. The lowest BCUT2D eigenvalue weighted by molar-refractivity contribution is 0.666. The molecule has 7 aromatic rings. The van der Waals surface area contributed by atoms with Crippen LogP contribution in [0.2, 0.25) is 0 Å². The van der Waals surface area contributed by atoms with E-state index in [9.17, 15) is 0 Å². The molecular formula is C55H42N2. The van der Waals surface area contributed by atoms with Crippen LogP contribution >= 0.6 is 0 Å². The van der Waals surface area contributed by atoms with Crippen LogP contribution in [0.3, 0.4) is 0 Å². The van der Waals surface area contributed by atoms with Crippen LogP contribution in [-0.4, -0.2) is 5.71 Å². The van der Waals surface area contributed by atoms with Crippen molar-refractivity contribution in [1.29, 1.82) is 0 Å². The van der Waals surface area contributed by atoms with Crippen molar-refractivity contribution in [3.8, 4) is 22.3 Å². The average Bonchev–Trinajstić information content (AvgIpc) is 3.52. The lowest BCUT2D eigenvalue weighted by Crippen LogP contribution is -2.25. The molecule has 2 nitrogen and oxygen atoms in total. The van der Waals surface area contributed by atoms with Crippen LogP contribution in [0.5, 0.6) is 0 Å². The van der Waals surface area contributed by atoms with Gasteiger partial charge in [0.25, 0.3) is 0 Å². The minimum Gasteiger partial charge on any atom is -0.359 e. The van der Waals surface area contributed by atoms with E-state index >= 15 is 0 Å². The molecule has 0 amide bonds. The minimum atomic E-state index is -0.250. The van der Waals surface area contributed by atoms with Gasteiger partial charge in [0.15, 0.2) is 0 Å². The number of hydrogen-bond donors (Lipinski definition) is 1. The summed E-state index contributed by atoms with van der Waals surface area (Å²) in [5.74, 6) is 0.421. The van der Waals surface area contributed by atoms with Crippen molar-refractivity contribution < 1.29 is 0 Å². The first-order valence-electron chi connectivity index (χ1n) is 20.2. The maximum atomic E-state index is 5.35. The van der Waals surface area contributed by atoms with Gasteiger partial charge in [-0.05, 0) is 107 Å². The number of fused-ring (bicyclic) bond motifs is 7. The molecule has 3 aliphatic carbocycles. The van der Waals surface area contributed by atoms with Gasteiger partial charge < -0.3 is 5.32 Å². The van der Waals surface area contributed by atoms with E-state index in [1.54, 1.807) is 0 Å². The Kier molecular flexibility index (Phi) is 7.76. The Balaban J connectivity index is 1.04. The molecule has 2 heteroatoms. The van der Waals surface area contributed by atoms with Gasteiger partial charge in [0.2, 0.25) is 0 Å². The summed E-state index contributed by atoms with van der Waals surface area (Å²) < 4.78 is 0. The summed E-state index contributed by atoms with van der Waals surface area (Å²) in [6.45, 7) is 4.85. The molecular weight excluding hydrogens is 689 g/mol. The highest BCUT2D eigenvalue weighted by Crippen LogP contribution is 2.56. The van der Waals surface area contributed by atoms with Crippen LogP contribution in [0.4, 0.5) is 0 Å². The zero-order valence-electron chi connectivity index (χ0n) is 32.2. The largest absolute Gasteiger partial charge is 0.359 e. The van der Waals surface area contributed by atoms with E-state index < -0.39 is 0 Å². The second-order valence-electron chi connectivity index (χ2n) is 16.3. The lowest BCUT2D eigenvalue weighted by Gasteiger charge is -2.27. The fraction of sp³-hybridized carbons (Fsp3) is 0.109. The summed E-state index contributed by atoms with van der Waals surface area (Å²) in [5.41, 5.74) is 17.5. The Labute approximate surface area is 334 Å². The molecule has 0 spiro atoms. The van der Waals surface area contributed by atoms with Crippen molar-refractivity contribution in [2.45, 2.75) is 31.8 Å². The highest BCUT2D eigenvalue weighted by atomic mass is 15.1. The third-order valence-corrected chi connectivity index (χ3v) is 12.6. The van der Waals surface area contributed by atoms with Crippen molar-refractivity contribution in [2.75, 3.05) is 0 Å². The fourth-order valence-corrected chi connectivity index (χ4v) is 9.82. The van der Waals surface area contributed by atoms with E-state index in [2.05, 4.69) is 207 Å². The topological polar surface area (TPSA) is 24.4 Å². The molecule has 0 aromatic heterocycles. The summed E-state index contributed by atoms with van der Waals surface area (Å²) in [7, 11) is 0. The molecule has 1 N–H and O–H groups in total. The van der Waals surface area contributed by atoms with Gasteiger partial charge in [-0.3, -0.25) is 4.99 Å². The molecule has 2 unspecified atom stereocenters. The van der Waals surface area contributed by atoms with E-state index in [1.807, 2.05) is 0 Å². The van der Waals surface area contributed by atoms with E-state index in [-0.39, 0.29) is 11.6 Å². The average molecular weight is 731 g/mol. The molecule has 0 fully saturated rings. The molecule has 1 aliphatic heterocycles. The Hall–Kier alpha value is -6.77. The number of aliphatic imine (C=N–C) groups is 1. The molecule has 272 valence electrons. The zero-order chi connectivity index (χ0) is 38.1. The summed E-state index contributed by atoms with van der Waals surface area (Å²) in [5, 5.41) is 8.91. The van der Waals surface area contributed by atoms with Crippen LogP contribution < -0.4 is 5.32 Å². The number of hydrogen-bond acceptors (Lipinski definition) is 2. The summed E-state index contributed by atoms with van der Waals surface area (Å²) in [6, 6.07) is 53.2. The third-order valence-electron chi connectivity index (χ3n) is 12.6. The van der Waals surface area contributed by atoms with E-state index in [1.165, 1.54) is 71.6 Å². The Morgan fingerprint density at radius 3 is 2.16 bits per heavy atom. The predicted molar refractivity (Wildman–Crippen MR) is 240 cm³/mol. The zero-order valence-corrected chi connectivity index (χ0v) is 32.2. The number of nitrogens with zero attached hydrogens (tertiary/aromatic N) is 1. The Morgan fingerprint density at radius 1 is 0.614 bits per heavy atom. The van der Waals surface area contributed by atoms with Gasteiger partial charge in [-0.15, -0.1) is 0 Å². The van der Waals surface area contributed by atoms with Gasteiger partial charge in [0, 0.05) is 22.6 Å². The van der Waals surface area contributed by atoms with Crippen molar-refractivity contribution in [1.82, 2.24) is 5.32 Å². The summed E-state index contributed by atoms with van der Waals surface area (Å²) in [6.07, 6.45) is 16.6. The highest BCUT2D eigenvalue weighted by Gasteiger charge is 2.39. The molecule has 0 saturated carbocycles. The SMILES string of the molecule is CC1(C)c2cc(-c3ccc(C4N=C(c5ccccc5)C=C(c5ccccc5)N4)c4ccccc34)ccc2-c2c(C3=CC=C4C=CC=CC4C3)cc3ccccc3c21. The molecule has 4 aliphatic rings. The van der Waals surface area contributed by atoms with Crippen LogP contribution in [0, 0.1) is 5.92 Å². The Morgan fingerprint density at radius 2 is 1.33 bits per heavy atom. The molecule has 57 heavy (non-hydrogen) atoms. The van der Waals surface area contributed by atoms with Crippen molar-refractivity contribution >= 4 is 38.5 Å². The van der Waals surface area contributed by atoms with Gasteiger partial charge in [-0.25, -0.2) is 0 Å². The van der Waals surface area contributed by atoms with Crippen molar-refractivity contribution in [3.05, 3.63) is 227 Å². The van der Waals surface area contributed by atoms with Crippen LogP contribution in [0.25, 0.3) is 55.1 Å². The number of rotatable bonds is 5. The first-order chi connectivity index (χ1) is 28.0. The first kappa shape index (κ1) is 33.6. The molecule has 1 heterocycles. The normalized spacial score (nSPS) is 18.8. The molecule has 11 rings (SSSR count). The number of benzene rings is 7. The first-order valence-corrected chi connectivity index (χ1v) is 20.2. The predicted octanol–water partition coefficient (Wildman–Crippen LogP) is 13.6. The maximum Gasteiger partial charge on any atom is 0.146 e. The maximum absolute atomic E-state index is 5.35. The van der Waals surface area contributed by atoms with Crippen molar-refractivity contribution in [3.63, 3.8) is 0 Å². The van der Waals surface area contributed by atoms with E-state index in [0.29, 0.717) is 5.92 Å². The van der Waals surface area contributed by atoms with Crippen molar-refractivity contribution in [2.24, 2.45) is 10.9 Å². The Bertz CT molecular complexity index is 2970. The second kappa shape index (κ2) is 13.2. The van der Waals surface area contributed by atoms with Gasteiger partial charge in [-0.1, -0.05) is 184 Å². The van der Waals surface area contributed by atoms with Gasteiger partial charge in [0.1, 0.15) is 6.17 Å². The van der Waals surface area contributed by atoms with Crippen LogP contribution in [-0.2, 0) is 5.41 Å². The van der Waals surface area contributed by atoms with Crippen LogP contribution in [0.15, 0.2) is 199 Å². The smallest absolute Gasteiger partial charge is 0.146 e. The van der Waals surface area contributed by atoms with Gasteiger partial charge in [0.05, 0.1) is 5.71 Å². The quantitative estimate of drug-likeness (QED) is 0.187. The highest BCUT2D eigenvalue weighted by molar-refractivity contribution is 6.13.